The van der Waals surface area contributed by atoms with Gasteiger partial charge in [-0.1, -0.05) is 30.3 Å². The van der Waals surface area contributed by atoms with Gasteiger partial charge in [-0.3, -0.25) is 9.59 Å². The predicted octanol–water partition coefficient (Wildman–Crippen LogP) is 4.92. The third kappa shape index (κ3) is 5.29. The molecule has 1 heterocycles. The Labute approximate surface area is 184 Å². The zero-order valence-corrected chi connectivity index (χ0v) is 17.1. The van der Waals surface area contributed by atoms with Gasteiger partial charge in [0.15, 0.2) is 0 Å². The molecule has 0 spiro atoms. The molecule has 0 bridgehead atoms. The number of benzene rings is 2. The van der Waals surface area contributed by atoms with E-state index in [2.05, 4.69) is 5.32 Å². The van der Waals surface area contributed by atoms with Crippen LogP contribution in [0.15, 0.2) is 48.5 Å². The summed E-state index contributed by atoms with van der Waals surface area (Å²) >= 11 is 0. The highest BCUT2D eigenvalue weighted by molar-refractivity contribution is 5.99. The molecule has 0 saturated carbocycles. The molecule has 1 amide bonds. The van der Waals surface area contributed by atoms with E-state index in [1.807, 2.05) is 0 Å². The Morgan fingerprint density at radius 1 is 1.09 bits per heavy atom. The first kappa shape index (κ1) is 24.6. The van der Waals surface area contributed by atoms with Crippen molar-refractivity contribution in [3.8, 4) is 0 Å². The molecule has 1 aliphatic rings. The second kappa shape index (κ2) is 8.69. The highest BCUT2D eigenvalue weighted by Crippen LogP contribution is 2.40. The predicted molar refractivity (Wildman–Crippen MR) is 103 cm³/mol. The summed E-state index contributed by atoms with van der Waals surface area (Å²) in [5.74, 6) is -3.50. The number of carboxylic acids is 1. The van der Waals surface area contributed by atoms with Crippen LogP contribution in [0.4, 0.5) is 26.3 Å². The number of aliphatic carboxylic acids is 1. The Bertz CT molecular complexity index is 1010. The van der Waals surface area contributed by atoms with Crippen LogP contribution in [0, 0.1) is 5.92 Å². The average Bonchev–Trinajstić information content (AvgIpc) is 3.09. The normalized spacial score (nSPS) is 22.2. The molecular formula is C22H19F6NO4. The molecule has 3 atom stereocenters. The molecule has 178 valence electrons. The summed E-state index contributed by atoms with van der Waals surface area (Å²) in [5, 5.41) is 11.9. The number of hydrogen-bond donors (Lipinski definition) is 2. The minimum absolute atomic E-state index is 0.0241. The second-order valence-electron chi connectivity index (χ2n) is 7.82. The molecule has 2 aromatic carbocycles. The summed E-state index contributed by atoms with van der Waals surface area (Å²) in [5.41, 5.74) is -4.13. The maximum absolute atomic E-state index is 13.2. The molecule has 0 aliphatic carbocycles. The fourth-order valence-corrected chi connectivity index (χ4v) is 3.72. The lowest BCUT2D eigenvalue weighted by Gasteiger charge is -2.31. The van der Waals surface area contributed by atoms with Crippen molar-refractivity contribution >= 4 is 11.9 Å². The van der Waals surface area contributed by atoms with Crippen molar-refractivity contribution in [2.24, 2.45) is 5.92 Å². The zero-order chi connectivity index (χ0) is 24.6. The number of halogens is 6. The van der Waals surface area contributed by atoms with E-state index >= 15 is 0 Å². The Morgan fingerprint density at radius 3 is 2.09 bits per heavy atom. The smallest absolute Gasteiger partial charge is 0.416 e. The standard InChI is InChI=1S/C22H19F6NO4/c1-12(13-7-15(21(23,24)25)9-16(8-13)22(26,27)28)33-11-20(14-5-3-2-4-6-14)10-17(19(31)32)18(30)29-20/h2-9,12,17H,10-11H2,1H3,(H,29,30)(H,31,32)/t12-,17?,20-/m1/s1. The largest absolute Gasteiger partial charge is 0.481 e. The van der Waals surface area contributed by atoms with Crippen molar-refractivity contribution < 1.29 is 45.8 Å². The monoisotopic (exact) mass is 475 g/mol. The molecule has 3 rings (SSSR count). The number of hydrogen-bond acceptors (Lipinski definition) is 3. The van der Waals surface area contributed by atoms with Crippen LogP contribution in [-0.2, 0) is 32.2 Å². The van der Waals surface area contributed by atoms with Crippen molar-refractivity contribution in [3.63, 3.8) is 0 Å². The van der Waals surface area contributed by atoms with E-state index in [0.29, 0.717) is 17.7 Å². The highest BCUT2D eigenvalue weighted by Gasteiger charge is 2.49. The molecule has 1 fully saturated rings. The van der Waals surface area contributed by atoms with Crippen molar-refractivity contribution in [1.82, 2.24) is 5.32 Å². The maximum atomic E-state index is 13.2. The van der Waals surface area contributed by atoms with Crippen LogP contribution >= 0.6 is 0 Å². The molecule has 1 saturated heterocycles. The van der Waals surface area contributed by atoms with Gasteiger partial charge in [0, 0.05) is 0 Å². The molecule has 5 nitrogen and oxygen atoms in total. The molecule has 0 aromatic heterocycles. The van der Waals surface area contributed by atoms with Crippen LogP contribution in [0.1, 0.15) is 41.7 Å². The van der Waals surface area contributed by atoms with Gasteiger partial charge in [0.1, 0.15) is 5.92 Å². The molecule has 33 heavy (non-hydrogen) atoms. The lowest BCUT2D eigenvalue weighted by Crippen LogP contribution is -2.43. The van der Waals surface area contributed by atoms with Gasteiger partial charge in [-0.2, -0.15) is 26.3 Å². The quantitative estimate of drug-likeness (QED) is 0.460. The number of nitrogens with one attached hydrogen (secondary N) is 1. The fraction of sp³-hybridized carbons (Fsp3) is 0.364. The molecule has 2 N–H and O–H groups in total. The summed E-state index contributed by atoms with van der Waals surface area (Å²) in [7, 11) is 0. The van der Waals surface area contributed by atoms with Gasteiger partial charge in [0.2, 0.25) is 5.91 Å². The highest BCUT2D eigenvalue weighted by atomic mass is 19.4. The summed E-state index contributed by atoms with van der Waals surface area (Å²) in [4.78, 5) is 23.7. The Hall–Kier alpha value is -3.08. The van der Waals surface area contributed by atoms with E-state index in [-0.39, 0.29) is 24.7 Å². The lowest BCUT2D eigenvalue weighted by atomic mass is 9.86. The van der Waals surface area contributed by atoms with E-state index in [1.165, 1.54) is 6.92 Å². The molecule has 1 unspecified atom stereocenters. The lowest BCUT2D eigenvalue weighted by molar-refractivity contribution is -0.146. The Morgan fingerprint density at radius 2 is 1.64 bits per heavy atom. The molecule has 2 aromatic rings. The van der Waals surface area contributed by atoms with Gasteiger partial charge in [-0.25, -0.2) is 0 Å². The van der Waals surface area contributed by atoms with Crippen molar-refractivity contribution in [2.45, 2.75) is 37.3 Å². The van der Waals surface area contributed by atoms with Crippen molar-refractivity contribution in [1.29, 1.82) is 0 Å². The van der Waals surface area contributed by atoms with Gasteiger partial charge in [0.05, 0.1) is 29.4 Å². The second-order valence-corrected chi connectivity index (χ2v) is 7.82. The molecule has 0 radical (unpaired) electrons. The van der Waals surface area contributed by atoms with E-state index in [1.54, 1.807) is 30.3 Å². The summed E-state index contributed by atoms with van der Waals surface area (Å²) in [6.45, 7) is 0.908. The number of amides is 1. The average molecular weight is 475 g/mol. The van der Waals surface area contributed by atoms with Crippen LogP contribution in [0.25, 0.3) is 0 Å². The topological polar surface area (TPSA) is 75.6 Å². The van der Waals surface area contributed by atoms with Crippen LogP contribution in [0.2, 0.25) is 0 Å². The van der Waals surface area contributed by atoms with Crippen molar-refractivity contribution in [3.05, 3.63) is 70.8 Å². The van der Waals surface area contributed by atoms with Gasteiger partial charge in [-0.15, -0.1) is 0 Å². The zero-order valence-electron chi connectivity index (χ0n) is 17.1. The summed E-state index contributed by atoms with van der Waals surface area (Å²) < 4.78 is 84.6. The first-order chi connectivity index (χ1) is 15.2. The van der Waals surface area contributed by atoms with Gasteiger partial charge in [-0.05, 0) is 42.7 Å². The number of ether oxygens (including phenoxy) is 1. The molecular weight excluding hydrogens is 456 g/mol. The number of carboxylic acid groups (broad SMARTS) is 1. The van der Waals surface area contributed by atoms with Gasteiger partial charge >= 0.3 is 18.3 Å². The number of carbonyl (C=O) groups is 2. The maximum Gasteiger partial charge on any atom is 0.416 e. The minimum atomic E-state index is -5.00. The summed E-state index contributed by atoms with van der Waals surface area (Å²) in [6, 6.07) is 9.37. The van der Waals surface area contributed by atoms with Gasteiger partial charge < -0.3 is 15.2 Å². The van der Waals surface area contributed by atoms with Crippen LogP contribution in [-0.4, -0.2) is 23.6 Å². The first-order valence-electron chi connectivity index (χ1n) is 9.74. The van der Waals surface area contributed by atoms with Crippen LogP contribution in [0.3, 0.4) is 0 Å². The van der Waals surface area contributed by atoms with Gasteiger partial charge in [0.25, 0.3) is 0 Å². The molecule has 1 aliphatic heterocycles. The Kier molecular flexibility index (Phi) is 6.47. The third-order valence-electron chi connectivity index (χ3n) is 5.52. The van der Waals surface area contributed by atoms with E-state index in [9.17, 15) is 41.0 Å². The third-order valence-corrected chi connectivity index (χ3v) is 5.52. The number of alkyl halides is 6. The Balaban J connectivity index is 1.92. The fourth-order valence-electron chi connectivity index (χ4n) is 3.72. The van der Waals surface area contributed by atoms with Crippen LogP contribution in [0.5, 0.6) is 0 Å². The van der Waals surface area contributed by atoms with E-state index in [4.69, 9.17) is 4.74 Å². The van der Waals surface area contributed by atoms with Crippen LogP contribution < -0.4 is 5.32 Å². The van der Waals surface area contributed by atoms with E-state index < -0.39 is 52.9 Å². The first-order valence-corrected chi connectivity index (χ1v) is 9.74. The number of rotatable bonds is 6. The number of carbonyl (C=O) groups excluding carboxylic acids is 1. The molecule has 11 heteroatoms. The van der Waals surface area contributed by atoms with Crippen molar-refractivity contribution in [2.75, 3.05) is 6.61 Å². The van der Waals surface area contributed by atoms with E-state index in [0.717, 1.165) is 0 Å². The summed E-state index contributed by atoms with van der Waals surface area (Å²) in [6.07, 6.45) is -11.4. The minimum Gasteiger partial charge on any atom is -0.481 e. The SMILES string of the molecule is C[C@@H](OC[C@@]1(c2ccccc2)CC(C(=O)O)C(=O)N1)c1cc(C(F)(F)F)cc(C(F)(F)F)c1.